The van der Waals surface area contributed by atoms with E-state index in [1.165, 1.54) is 4.90 Å². The summed E-state index contributed by atoms with van der Waals surface area (Å²) in [4.78, 5) is 16.7. The molecule has 29 heavy (non-hydrogen) atoms. The molecule has 3 aromatic rings. The number of phenolic OH excluding ortho intramolecular Hbond substituents is 1. The summed E-state index contributed by atoms with van der Waals surface area (Å²) < 4.78 is 0. The second kappa shape index (κ2) is 8.32. The van der Waals surface area contributed by atoms with Crippen molar-refractivity contribution in [2.45, 2.75) is 13.5 Å². The van der Waals surface area contributed by atoms with Crippen LogP contribution in [0.3, 0.4) is 0 Å². The van der Waals surface area contributed by atoms with E-state index in [2.05, 4.69) is 25.2 Å². The summed E-state index contributed by atoms with van der Waals surface area (Å²) in [6.07, 6.45) is 0. The number of quaternary nitrogens is 1. The van der Waals surface area contributed by atoms with Crippen molar-refractivity contribution in [3.63, 3.8) is 0 Å². The van der Waals surface area contributed by atoms with Gasteiger partial charge >= 0.3 is 0 Å². The van der Waals surface area contributed by atoms with Crippen molar-refractivity contribution in [3.05, 3.63) is 59.9 Å². The molecule has 1 fully saturated rings. The predicted octanol–water partition coefficient (Wildman–Crippen LogP) is 1.12. The van der Waals surface area contributed by atoms with Crippen LogP contribution in [0.1, 0.15) is 11.4 Å². The van der Waals surface area contributed by atoms with Gasteiger partial charge in [0.1, 0.15) is 12.3 Å². The predicted molar refractivity (Wildman–Crippen MR) is 113 cm³/mol. The largest absolute Gasteiger partial charge is 0.506 e. The number of para-hydroxylation sites is 3. The third kappa shape index (κ3) is 4.55. The third-order valence-electron chi connectivity index (χ3n) is 5.19. The maximum Gasteiger partial charge on any atom is 0.232 e. The molecule has 0 amide bonds. The number of hydrogen-bond acceptors (Lipinski definition) is 7. The standard InChI is InChI=1S/C21H25N7O/c1-15-6-2-3-7-16(15)23-21-25-19(24-20(22)26-21)14-27-10-12-28(13-11-27)17-8-4-5-9-18(17)29/h2-9,29H,10-14H2,1H3,(H3,22,23,24,25,26)/p+1. The van der Waals surface area contributed by atoms with Gasteiger partial charge in [-0.3, -0.25) is 0 Å². The maximum absolute atomic E-state index is 10.1. The van der Waals surface area contributed by atoms with Crippen molar-refractivity contribution in [1.82, 2.24) is 15.0 Å². The van der Waals surface area contributed by atoms with Crippen LogP contribution in [-0.4, -0.2) is 46.2 Å². The molecule has 0 aliphatic carbocycles. The number of nitrogens with two attached hydrogens (primary N) is 1. The zero-order valence-electron chi connectivity index (χ0n) is 16.5. The molecule has 1 saturated heterocycles. The van der Waals surface area contributed by atoms with Gasteiger partial charge in [0, 0.05) is 5.69 Å². The lowest BCUT2D eigenvalue weighted by molar-refractivity contribution is -0.915. The van der Waals surface area contributed by atoms with Crippen molar-refractivity contribution >= 4 is 23.3 Å². The number of anilines is 4. The van der Waals surface area contributed by atoms with Crippen LogP contribution < -0.4 is 20.9 Å². The molecule has 2 heterocycles. The lowest BCUT2D eigenvalue weighted by atomic mass is 10.2. The summed E-state index contributed by atoms with van der Waals surface area (Å²) >= 11 is 0. The van der Waals surface area contributed by atoms with Gasteiger partial charge in [0.15, 0.2) is 5.82 Å². The van der Waals surface area contributed by atoms with Crippen LogP contribution in [0.5, 0.6) is 5.75 Å². The van der Waals surface area contributed by atoms with Crippen molar-refractivity contribution in [2.75, 3.05) is 42.1 Å². The number of nitrogen functional groups attached to an aromatic ring is 1. The van der Waals surface area contributed by atoms with E-state index in [1.54, 1.807) is 6.07 Å². The molecule has 1 aliphatic rings. The zero-order valence-corrected chi connectivity index (χ0v) is 16.5. The number of hydrogen-bond donors (Lipinski definition) is 4. The summed E-state index contributed by atoms with van der Waals surface area (Å²) in [7, 11) is 0. The van der Waals surface area contributed by atoms with Crippen LogP contribution in [0.2, 0.25) is 0 Å². The van der Waals surface area contributed by atoms with Crippen LogP contribution in [0, 0.1) is 6.92 Å². The molecule has 5 N–H and O–H groups in total. The first-order valence-corrected chi connectivity index (χ1v) is 9.78. The van der Waals surface area contributed by atoms with E-state index >= 15 is 0 Å². The number of nitrogens with zero attached hydrogens (tertiary/aromatic N) is 4. The molecule has 0 unspecified atom stereocenters. The van der Waals surface area contributed by atoms with Crippen molar-refractivity contribution in [2.24, 2.45) is 0 Å². The Morgan fingerprint density at radius 1 is 1.03 bits per heavy atom. The van der Waals surface area contributed by atoms with Crippen LogP contribution in [-0.2, 0) is 6.54 Å². The van der Waals surface area contributed by atoms with Gasteiger partial charge in [0.2, 0.25) is 11.9 Å². The highest BCUT2D eigenvalue weighted by atomic mass is 16.3. The van der Waals surface area contributed by atoms with Crippen LogP contribution >= 0.6 is 0 Å². The first-order valence-electron chi connectivity index (χ1n) is 9.78. The molecule has 0 bridgehead atoms. The molecule has 8 nitrogen and oxygen atoms in total. The second-order valence-corrected chi connectivity index (χ2v) is 7.28. The molecule has 0 atom stereocenters. The van der Waals surface area contributed by atoms with Gasteiger partial charge in [-0.25, -0.2) is 0 Å². The topological polar surface area (TPSA) is 105 Å². The highest BCUT2D eigenvalue weighted by Crippen LogP contribution is 2.26. The van der Waals surface area contributed by atoms with Gasteiger partial charge in [-0.2, -0.15) is 15.0 Å². The average Bonchev–Trinajstić information content (AvgIpc) is 2.70. The maximum atomic E-state index is 10.1. The number of benzene rings is 2. The second-order valence-electron chi connectivity index (χ2n) is 7.28. The van der Waals surface area contributed by atoms with Gasteiger partial charge in [-0.05, 0) is 30.7 Å². The van der Waals surface area contributed by atoms with E-state index in [9.17, 15) is 5.11 Å². The van der Waals surface area contributed by atoms with Gasteiger partial charge in [0.25, 0.3) is 0 Å². The monoisotopic (exact) mass is 392 g/mol. The van der Waals surface area contributed by atoms with Crippen molar-refractivity contribution < 1.29 is 10.0 Å². The zero-order chi connectivity index (χ0) is 20.2. The van der Waals surface area contributed by atoms with Crippen LogP contribution in [0.4, 0.5) is 23.3 Å². The summed E-state index contributed by atoms with van der Waals surface area (Å²) in [5.41, 5.74) is 8.87. The Kier molecular flexibility index (Phi) is 5.44. The molecule has 0 spiro atoms. The number of aromatic nitrogens is 3. The van der Waals surface area contributed by atoms with Crippen molar-refractivity contribution in [1.29, 1.82) is 0 Å². The Balaban J connectivity index is 1.41. The van der Waals surface area contributed by atoms with E-state index in [1.807, 2.05) is 49.4 Å². The number of phenols is 1. The summed E-state index contributed by atoms with van der Waals surface area (Å²) in [5.74, 6) is 1.69. The average molecular weight is 392 g/mol. The number of aryl methyl sites for hydroxylation is 1. The molecule has 0 saturated carbocycles. The Morgan fingerprint density at radius 2 is 1.76 bits per heavy atom. The van der Waals surface area contributed by atoms with E-state index in [-0.39, 0.29) is 5.95 Å². The first-order chi connectivity index (χ1) is 14.1. The lowest BCUT2D eigenvalue weighted by Gasteiger charge is -2.33. The fourth-order valence-corrected chi connectivity index (χ4v) is 3.60. The Morgan fingerprint density at radius 3 is 2.52 bits per heavy atom. The molecule has 8 heteroatoms. The van der Waals surface area contributed by atoms with E-state index in [4.69, 9.17) is 5.73 Å². The number of aromatic hydroxyl groups is 1. The summed E-state index contributed by atoms with van der Waals surface area (Å²) in [6.45, 7) is 6.30. The normalized spacial score (nSPS) is 14.7. The van der Waals surface area contributed by atoms with Crippen LogP contribution in [0.25, 0.3) is 0 Å². The minimum absolute atomic E-state index is 0.221. The van der Waals surface area contributed by atoms with Gasteiger partial charge in [-0.15, -0.1) is 0 Å². The minimum Gasteiger partial charge on any atom is -0.506 e. The van der Waals surface area contributed by atoms with Crippen LogP contribution in [0.15, 0.2) is 48.5 Å². The highest BCUT2D eigenvalue weighted by molar-refractivity contribution is 5.58. The molecular formula is C21H26N7O+. The molecule has 0 radical (unpaired) electrons. The number of rotatable bonds is 5. The molecule has 150 valence electrons. The first kappa shape index (κ1) is 18.9. The fourth-order valence-electron chi connectivity index (χ4n) is 3.60. The molecular weight excluding hydrogens is 366 g/mol. The molecule has 1 aliphatic heterocycles. The van der Waals surface area contributed by atoms with E-state index < -0.39 is 0 Å². The van der Waals surface area contributed by atoms with Crippen molar-refractivity contribution in [3.8, 4) is 5.75 Å². The highest BCUT2D eigenvalue weighted by Gasteiger charge is 2.23. The minimum atomic E-state index is 0.221. The SMILES string of the molecule is Cc1ccccc1Nc1nc(N)nc(C[NH+]2CCN(c3ccccc3O)CC2)n1. The summed E-state index contributed by atoms with van der Waals surface area (Å²) in [5, 5.41) is 13.3. The smallest absolute Gasteiger partial charge is 0.232 e. The quantitative estimate of drug-likeness (QED) is 0.516. The van der Waals surface area contributed by atoms with Gasteiger partial charge < -0.3 is 26.0 Å². The summed E-state index contributed by atoms with van der Waals surface area (Å²) in [6, 6.07) is 15.4. The molecule has 1 aromatic heterocycles. The fraction of sp³-hybridized carbons (Fsp3) is 0.286. The van der Waals surface area contributed by atoms with Gasteiger partial charge in [0.05, 0.1) is 31.9 Å². The Labute approximate surface area is 170 Å². The molecule has 2 aromatic carbocycles. The Bertz CT molecular complexity index is 986. The van der Waals surface area contributed by atoms with E-state index in [0.717, 1.165) is 43.1 Å². The Hall–Kier alpha value is -3.39. The third-order valence-corrected chi connectivity index (χ3v) is 5.19. The number of piperazine rings is 1. The van der Waals surface area contributed by atoms with E-state index in [0.29, 0.717) is 24.1 Å². The lowest BCUT2D eigenvalue weighted by Crippen LogP contribution is -3.13. The van der Waals surface area contributed by atoms with Gasteiger partial charge in [-0.1, -0.05) is 30.3 Å². The number of nitrogens with one attached hydrogen (secondary N) is 2. The molecule has 4 rings (SSSR count).